The molecule has 76 valence electrons. The molecule has 4 heteroatoms. The average molecular weight is 188 g/mol. The molecule has 1 rings (SSSR count). The van der Waals surface area contributed by atoms with E-state index < -0.39 is 17.5 Å². The van der Waals surface area contributed by atoms with E-state index in [1.165, 1.54) is 0 Å². The fourth-order valence-corrected chi connectivity index (χ4v) is 1.25. The zero-order chi connectivity index (χ0) is 10.1. The molecule has 0 aromatic heterocycles. The highest BCUT2D eigenvalue weighted by atomic mass is 16.5. The Morgan fingerprint density at radius 3 is 2.38 bits per heavy atom. The van der Waals surface area contributed by atoms with Crippen molar-refractivity contribution in [3.8, 4) is 0 Å². The van der Waals surface area contributed by atoms with Crippen LogP contribution in [0.2, 0.25) is 0 Å². The number of carboxylic acid groups (broad SMARTS) is 1. The Balaban J connectivity index is 2.42. The summed E-state index contributed by atoms with van der Waals surface area (Å²) in [5, 5.41) is 18.0. The normalized spacial score (nSPS) is 21.5. The highest BCUT2D eigenvalue weighted by molar-refractivity contribution is 5.73. The quantitative estimate of drug-likeness (QED) is 0.664. The van der Waals surface area contributed by atoms with Crippen molar-refractivity contribution in [3.05, 3.63) is 0 Å². The molecule has 13 heavy (non-hydrogen) atoms. The van der Waals surface area contributed by atoms with Gasteiger partial charge in [-0.2, -0.15) is 0 Å². The molecule has 0 amide bonds. The van der Waals surface area contributed by atoms with Gasteiger partial charge in [-0.05, 0) is 26.7 Å². The van der Waals surface area contributed by atoms with Crippen LogP contribution in [0.5, 0.6) is 0 Å². The van der Waals surface area contributed by atoms with Crippen LogP contribution in [-0.2, 0) is 9.53 Å². The smallest absolute Gasteiger partial charge is 0.333 e. The molecule has 1 aliphatic rings. The monoisotopic (exact) mass is 188 g/mol. The Morgan fingerprint density at radius 2 is 2.08 bits per heavy atom. The molecule has 1 fully saturated rings. The van der Waals surface area contributed by atoms with E-state index in [0.717, 1.165) is 12.8 Å². The first-order valence-corrected chi connectivity index (χ1v) is 4.50. The summed E-state index contributed by atoms with van der Waals surface area (Å²) in [6.07, 6.45) is 0.296. The molecule has 0 heterocycles. The molecular formula is C9H16O4. The number of ether oxygens (including phenoxy) is 1. The van der Waals surface area contributed by atoms with E-state index in [2.05, 4.69) is 0 Å². The first kappa shape index (κ1) is 10.5. The first-order chi connectivity index (χ1) is 5.98. The maximum Gasteiger partial charge on any atom is 0.333 e. The van der Waals surface area contributed by atoms with Gasteiger partial charge in [-0.1, -0.05) is 0 Å². The first-order valence-electron chi connectivity index (χ1n) is 4.50. The minimum atomic E-state index is -1.27. The summed E-state index contributed by atoms with van der Waals surface area (Å²) in [5.41, 5.74) is -0.504. The van der Waals surface area contributed by atoms with Crippen molar-refractivity contribution >= 4 is 5.97 Å². The second-order valence-corrected chi connectivity index (χ2v) is 3.96. The average Bonchev–Trinajstić information content (AvgIpc) is 2.80. The molecular weight excluding hydrogens is 172 g/mol. The van der Waals surface area contributed by atoms with Gasteiger partial charge < -0.3 is 14.9 Å². The Morgan fingerprint density at radius 1 is 1.54 bits per heavy atom. The highest BCUT2D eigenvalue weighted by Gasteiger charge is 2.52. The van der Waals surface area contributed by atoms with E-state index in [1.807, 2.05) is 13.8 Å². The van der Waals surface area contributed by atoms with Gasteiger partial charge in [0.05, 0.1) is 12.7 Å². The Hall–Kier alpha value is -0.610. The van der Waals surface area contributed by atoms with Crippen LogP contribution in [0.1, 0.15) is 26.7 Å². The van der Waals surface area contributed by atoms with E-state index >= 15 is 0 Å². The largest absolute Gasteiger partial charge is 0.479 e. The number of carbonyl (C=O) groups is 1. The summed E-state index contributed by atoms with van der Waals surface area (Å²) in [5.74, 6) is -1.15. The molecule has 1 unspecified atom stereocenters. The van der Waals surface area contributed by atoms with Crippen molar-refractivity contribution in [2.45, 2.75) is 38.9 Å². The van der Waals surface area contributed by atoms with Crippen molar-refractivity contribution in [1.29, 1.82) is 0 Å². The second kappa shape index (κ2) is 3.64. The lowest BCUT2D eigenvalue weighted by molar-refractivity contribution is -0.153. The van der Waals surface area contributed by atoms with Gasteiger partial charge in [0.1, 0.15) is 0 Å². The van der Waals surface area contributed by atoms with Crippen LogP contribution in [0.25, 0.3) is 0 Å². The van der Waals surface area contributed by atoms with Gasteiger partial charge in [-0.15, -0.1) is 0 Å². The van der Waals surface area contributed by atoms with E-state index in [4.69, 9.17) is 9.84 Å². The Labute approximate surface area is 77.5 Å². The molecule has 0 aliphatic heterocycles. The summed E-state index contributed by atoms with van der Waals surface area (Å²) in [4.78, 5) is 10.5. The molecule has 0 aromatic carbocycles. The number of carboxylic acids is 1. The summed E-state index contributed by atoms with van der Waals surface area (Å²) in [6, 6.07) is 0. The van der Waals surface area contributed by atoms with Gasteiger partial charge in [0, 0.05) is 5.41 Å². The van der Waals surface area contributed by atoms with Crippen LogP contribution in [0, 0.1) is 5.41 Å². The molecule has 0 bridgehead atoms. The van der Waals surface area contributed by atoms with Crippen molar-refractivity contribution in [2.24, 2.45) is 5.41 Å². The summed E-state index contributed by atoms with van der Waals surface area (Å²) in [6.45, 7) is 4.13. The van der Waals surface area contributed by atoms with Crippen LogP contribution < -0.4 is 0 Å². The zero-order valence-corrected chi connectivity index (χ0v) is 7.99. The lowest BCUT2D eigenvalue weighted by Gasteiger charge is -2.19. The number of rotatable bonds is 5. The molecule has 4 nitrogen and oxygen atoms in total. The maximum absolute atomic E-state index is 10.5. The van der Waals surface area contributed by atoms with Gasteiger partial charge >= 0.3 is 5.97 Å². The van der Waals surface area contributed by atoms with Crippen molar-refractivity contribution in [1.82, 2.24) is 0 Å². The Kier molecular flexibility index (Phi) is 2.93. The minimum Gasteiger partial charge on any atom is -0.479 e. The second-order valence-electron chi connectivity index (χ2n) is 3.96. The number of hydrogen-bond donors (Lipinski definition) is 2. The Bertz CT molecular complexity index is 196. The third kappa shape index (κ3) is 2.42. The molecule has 0 spiro atoms. The standard InChI is InChI=1S/C9H16O4/c1-6(2)13-5-9(3-4-9)7(10)8(11)12/h6-7,10H,3-5H2,1-2H3,(H,11,12). The highest BCUT2D eigenvalue weighted by Crippen LogP contribution is 2.49. The summed E-state index contributed by atoms with van der Waals surface area (Å²) >= 11 is 0. The fraction of sp³-hybridized carbons (Fsp3) is 0.889. The molecule has 0 saturated heterocycles. The van der Waals surface area contributed by atoms with Crippen molar-refractivity contribution < 1.29 is 19.7 Å². The van der Waals surface area contributed by atoms with Crippen LogP contribution in [0.3, 0.4) is 0 Å². The van der Waals surface area contributed by atoms with E-state index in [1.54, 1.807) is 0 Å². The molecule has 1 atom stereocenters. The molecule has 1 aliphatic carbocycles. The molecule has 2 N–H and O–H groups in total. The molecule has 1 saturated carbocycles. The van der Waals surface area contributed by atoms with Gasteiger partial charge in [-0.3, -0.25) is 0 Å². The molecule has 0 radical (unpaired) electrons. The van der Waals surface area contributed by atoms with Crippen LogP contribution in [0.15, 0.2) is 0 Å². The summed E-state index contributed by atoms with van der Waals surface area (Å²) in [7, 11) is 0. The van der Waals surface area contributed by atoms with Crippen LogP contribution in [-0.4, -0.2) is 35.0 Å². The van der Waals surface area contributed by atoms with Gasteiger partial charge in [0.25, 0.3) is 0 Å². The predicted octanol–water partition coefficient (Wildman–Crippen LogP) is 0.637. The fourth-order valence-electron chi connectivity index (χ4n) is 1.25. The minimum absolute atomic E-state index is 0.0819. The van der Waals surface area contributed by atoms with Gasteiger partial charge in [0.2, 0.25) is 0 Å². The van der Waals surface area contributed by atoms with Gasteiger partial charge in [0.15, 0.2) is 6.10 Å². The predicted molar refractivity (Wildman–Crippen MR) is 46.4 cm³/mol. The SMILES string of the molecule is CC(C)OCC1(C(O)C(=O)O)CC1. The topological polar surface area (TPSA) is 66.8 Å². The van der Waals surface area contributed by atoms with Crippen LogP contribution in [0.4, 0.5) is 0 Å². The molecule has 0 aromatic rings. The van der Waals surface area contributed by atoms with Gasteiger partial charge in [-0.25, -0.2) is 4.79 Å². The number of hydrogen-bond acceptors (Lipinski definition) is 3. The third-order valence-electron chi connectivity index (χ3n) is 2.41. The van der Waals surface area contributed by atoms with E-state index in [0.29, 0.717) is 6.61 Å². The van der Waals surface area contributed by atoms with E-state index in [-0.39, 0.29) is 6.10 Å². The maximum atomic E-state index is 10.5. The van der Waals surface area contributed by atoms with Crippen LogP contribution >= 0.6 is 0 Å². The number of aliphatic hydroxyl groups is 1. The third-order valence-corrected chi connectivity index (χ3v) is 2.41. The zero-order valence-electron chi connectivity index (χ0n) is 7.99. The summed E-state index contributed by atoms with van der Waals surface area (Å²) < 4.78 is 5.32. The van der Waals surface area contributed by atoms with Crippen molar-refractivity contribution in [2.75, 3.05) is 6.61 Å². The number of aliphatic carboxylic acids is 1. The lowest BCUT2D eigenvalue weighted by atomic mass is 10.0. The lowest BCUT2D eigenvalue weighted by Crippen LogP contribution is -2.34. The van der Waals surface area contributed by atoms with E-state index in [9.17, 15) is 9.90 Å². The van der Waals surface area contributed by atoms with Crippen molar-refractivity contribution in [3.63, 3.8) is 0 Å². The number of aliphatic hydroxyl groups excluding tert-OH is 1.